The van der Waals surface area contributed by atoms with Crippen LogP contribution in [0.15, 0.2) is 48.5 Å². The van der Waals surface area contributed by atoms with E-state index >= 15 is 0 Å². The first-order valence-electron chi connectivity index (χ1n) is 10.6. The first kappa shape index (κ1) is 19.9. The summed E-state index contributed by atoms with van der Waals surface area (Å²) in [4.78, 5) is 19.9. The SMILES string of the molecule is CC1CCN(c2nc3ccc(C(=O)NC(C)CCc4ccccc4)cc3s2)CC1. The van der Waals surface area contributed by atoms with Crippen LogP contribution in [0.5, 0.6) is 0 Å². The number of aryl methyl sites for hydroxylation is 1. The number of hydrogen-bond donors (Lipinski definition) is 1. The molecule has 0 bridgehead atoms. The highest BCUT2D eigenvalue weighted by Gasteiger charge is 2.19. The van der Waals surface area contributed by atoms with Crippen LogP contribution in [0.25, 0.3) is 10.2 Å². The van der Waals surface area contributed by atoms with Gasteiger partial charge in [0.15, 0.2) is 5.13 Å². The lowest BCUT2D eigenvalue weighted by molar-refractivity contribution is 0.0938. The van der Waals surface area contributed by atoms with Gasteiger partial charge >= 0.3 is 0 Å². The summed E-state index contributed by atoms with van der Waals surface area (Å²) in [6.45, 7) is 6.55. The summed E-state index contributed by atoms with van der Waals surface area (Å²) < 4.78 is 1.09. The van der Waals surface area contributed by atoms with Crippen LogP contribution >= 0.6 is 11.3 Å². The van der Waals surface area contributed by atoms with Gasteiger partial charge in [0.1, 0.15) is 0 Å². The van der Waals surface area contributed by atoms with Crippen LogP contribution in [-0.4, -0.2) is 30.0 Å². The molecule has 29 heavy (non-hydrogen) atoms. The number of benzene rings is 2. The monoisotopic (exact) mass is 407 g/mol. The van der Waals surface area contributed by atoms with Crippen LogP contribution in [0.2, 0.25) is 0 Å². The standard InChI is InChI=1S/C24H29N3OS/c1-17-12-14-27(15-13-17)24-26-21-11-10-20(16-22(21)29-24)23(28)25-18(2)8-9-19-6-4-3-5-7-19/h3-7,10-11,16-18H,8-9,12-15H2,1-2H3,(H,25,28). The van der Waals surface area contributed by atoms with E-state index in [0.29, 0.717) is 5.56 Å². The van der Waals surface area contributed by atoms with Crippen molar-refractivity contribution in [3.8, 4) is 0 Å². The molecule has 0 spiro atoms. The van der Waals surface area contributed by atoms with Gasteiger partial charge in [0, 0.05) is 24.7 Å². The zero-order valence-corrected chi connectivity index (χ0v) is 18.0. The second kappa shape index (κ2) is 8.95. The second-order valence-electron chi connectivity index (χ2n) is 8.25. The van der Waals surface area contributed by atoms with E-state index in [4.69, 9.17) is 4.98 Å². The molecule has 0 aliphatic carbocycles. The van der Waals surface area contributed by atoms with E-state index in [-0.39, 0.29) is 11.9 Å². The molecule has 2 aromatic carbocycles. The second-order valence-corrected chi connectivity index (χ2v) is 9.26. The highest BCUT2D eigenvalue weighted by molar-refractivity contribution is 7.22. The highest BCUT2D eigenvalue weighted by Crippen LogP contribution is 2.32. The lowest BCUT2D eigenvalue weighted by Gasteiger charge is -2.29. The summed E-state index contributed by atoms with van der Waals surface area (Å²) in [5.74, 6) is 0.800. The van der Waals surface area contributed by atoms with Gasteiger partial charge in [0.25, 0.3) is 5.91 Å². The Labute approximate surface area is 177 Å². The summed E-state index contributed by atoms with van der Waals surface area (Å²) >= 11 is 1.70. The van der Waals surface area contributed by atoms with Crippen LogP contribution in [0.1, 0.15) is 49.0 Å². The van der Waals surface area contributed by atoms with Crippen molar-refractivity contribution in [3.63, 3.8) is 0 Å². The smallest absolute Gasteiger partial charge is 0.251 e. The number of thiazole rings is 1. The molecule has 1 aliphatic rings. The summed E-state index contributed by atoms with van der Waals surface area (Å²) in [7, 11) is 0. The first-order chi connectivity index (χ1) is 14.1. The molecule has 1 aromatic heterocycles. The maximum Gasteiger partial charge on any atom is 0.251 e. The lowest BCUT2D eigenvalue weighted by Crippen LogP contribution is -2.32. The summed E-state index contributed by atoms with van der Waals surface area (Å²) in [6.07, 6.45) is 4.35. The van der Waals surface area contributed by atoms with Crippen LogP contribution in [-0.2, 0) is 6.42 Å². The molecule has 4 rings (SSSR count). The Kier molecular flexibility index (Phi) is 6.14. The quantitative estimate of drug-likeness (QED) is 0.604. The maximum atomic E-state index is 12.7. The van der Waals surface area contributed by atoms with Gasteiger partial charge in [-0.25, -0.2) is 4.98 Å². The van der Waals surface area contributed by atoms with E-state index in [1.165, 1.54) is 18.4 Å². The van der Waals surface area contributed by atoms with Crippen molar-refractivity contribution >= 4 is 32.6 Å². The Morgan fingerprint density at radius 3 is 2.72 bits per heavy atom. The average molecular weight is 408 g/mol. The minimum absolute atomic E-state index is 0.00536. The molecule has 1 fully saturated rings. The number of carbonyl (C=O) groups excluding carboxylic acids is 1. The van der Waals surface area contributed by atoms with Crippen LogP contribution in [0, 0.1) is 5.92 Å². The molecule has 1 saturated heterocycles. The molecule has 1 unspecified atom stereocenters. The number of hydrogen-bond acceptors (Lipinski definition) is 4. The van der Waals surface area contributed by atoms with E-state index in [9.17, 15) is 4.79 Å². The molecule has 1 amide bonds. The topological polar surface area (TPSA) is 45.2 Å². The van der Waals surface area contributed by atoms with Gasteiger partial charge in [-0.15, -0.1) is 0 Å². The van der Waals surface area contributed by atoms with Crippen molar-refractivity contribution in [3.05, 3.63) is 59.7 Å². The van der Waals surface area contributed by atoms with Gasteiger partial charge in [-0.1, -0.05) is 48.6 Å². The number of nitrogens with one attached hydrogen (secondary N) is 1. The number of aromatic nitrogens is 1. The number of rotatable bonds is 6. The Balaban J connectivity index is 1.38. The van der Waals surface area contributed by atoms with Gasteiger partial charge in [0.2, 0.25) is 0 Å². The van der Waals surface area contributed by atoms with Crippen molar-refractivity contribution in [2.75, 3.05) is 18.0 Å². The number of anilines is 1. The van der Waals surface area contributed by atoms with Crippen LogP contribution in [0.3, 0.4) is 0 Å². The molecule has 4 nitrogen and oxygen atoms in total. The van der Waals surface area contributed by atoms with Gasteiger partial charge in [-0.2, -0.15) is 0 Å². The molecule has 0 radical (unpaired) electrons. The van der Waals surface area contributed by atoms with Crippen molar-refractivity contribution in [2.24, 2.45) is 5.92 Å². The molecule has 152 valence electrons. The van der Waals surface area contributed by atoms with Crippen LogP contribution < -0.4 is 10.2 Å². The molecule has 5 heteroatoms. The molecule has 2 heterocycles. The minimum atomic E-state index is -0.00536. The first-order valence-corrected chi connectivity index (χ1v) is 11.4. The molecular weight excluding hydrogens is 378 g/mol. The number of piperidine rings is 1. The summed E-state index contributed by atoms with van der Waals surface area (Å²) in [5, 5.41) is 4.22. The van der Waals surface area contributed by atoms with Crippen molar-refractivity contribution < 1.29 is 4.79 Å². The lowest BCUT2D eigenvalue weighted by atomic mass is 10.00. The fourth-order valence-electron chi connectivity index (χ4n) is 3.80. The Morgan fingerprint density at radius 1 is 1.21 bits per heavy atom. The third-order valence-electron chi connectivity index (χ3n) is 5.78. The molecule has 1 atom stereocenters. The molecule has 1 N–H and O–H groups in total. The number of carbonyl (C=O) groups is 1. The maximum absolute atomic E-state index is 12.7. The Hall–Kier alpha value is -2.40. The van der Waals surface area contributed by atoms with E-state index in [2.05, 4.69) is 48.3 Å². The van der Waals surface area contributed by atoms with E-state index in [1.54, 1.807) is 11.3 Å². The van der Waals surface area contributed by atoms with E-state index < -0.39 is 0 Å². The van der Waals surface area contributed by atoms with Crippen molar-refractivity contribution in [2.45, 2.75) is 45.6 Å². The van der Waals surface area contributed by atoms with E-state index in [0.717, 1.165) is 47.2 Å². The van der Waals surface area contributed by atoms with Crippen molar-refractivity contribution in [1.82, 2.24) is 10.3 Å². The van der Waals surface area contributed by atoms with E-state index in [1.807, 2.05) is 24.3 Å². The Morgan fingerprint density at radius 2 is 1.97 bits per heavy atom. The number of fused-ring (bicyclic) bond motifs is 1. The third-order valence-corrected chi connectivity index (χ3v) is 6.86. The highest BCUT2D eigenvalue weighted by atomic mass is 32.1. The summed E-state index contributed by atoms with van der Waals surface area (Å²) in [6, 6.07) is 16.4. The molecule has 0 saturated carbocycles. The predicted octanol–water partition coefficient (Wildman–Crippen LogP) is 5.28. The third kappa shape index (κ3) is 4.96. The molecule has 1 aliphatic heterocycles. The normalized spacial score (nSPS) is 16.1. The zero-order valence-electron chi connectivity index (χ0n) is 17.2. The van der Waals surface area contributed by atoms with Gasteiger partial charge in [-0.3, -0.25) is 4.79 Å². The fourth-order valence-corrected chi connectivity index (χ4v) is 4.85. The largest absolute Gasteiger partial charge is 0.350 e. The number of amides is 1. The average Bonchev–Trinajstić information content (AvgIpc) is 3.17. The fraction of sp³-hybridized carbons (Fsp3) is 0.417. The molecular formula is C24H29N3OS. The summed E-state index contributed by atoms with van der Waals surface area (Å²) in [5.41, 5.74) is 3.00. The van der Waals surface area contributed by atoms with Crippen LogP contribution in [0.4, 0.5) is 5.13 Å². The zero-order chi connectivity index (χ0) is 20.2. The van der Waals surface area contributed by atoms with Gasteiger partial charge in [-0.05, 0) is 62.3 Å². The Bertz CT molecular complexity index is 961. The number of nitrogens with zero attached hydrogens (tertiary/aromatic N) is 2. The van der Waals surface area contributed by atoms with Gasteiger partial charge in [0.05, 0.1) is 10.2 Å². The molecule has 3 aromatic rings. The van der Waals surface area contributed by atoms with Gasteiger partial charge < -0.3 is 10.2 Å². The minimum Gasteiger partial charge on any atom is -0.350 e. The van der Waals surface area contributed by atoms with Crippen molar-refractivity contribution in [1.29, 1.82) is 0 Å². The predicted molar refractivity (Wildman–Crippen MR) is 122 cm³/mol.